The van der Waals surface area contributed by atoms with Crippen LogP contribution in [0.15, 0.2) is 30.3 Å². The molecule has 0 saturated carbocycles. The van der Waals surface area contributed by atoms with Gasteiger partial charge >= 0.3 is 6.18 Å². The number of benzene rings is 1. The van der Waals surface area contributed by atoms with Crippen LogP contribution in [-0.4, -0.2) is 30.1 Å². The van der Waals surface area contributed by atoms with E-state index in [9.17, 15) is 18.0 Å². The van der Waals surface area contributed by atoms with Crippen molar-refractivity contribution in [1.82, 2.24) is 4.90 Å². The van der Waals surface area contributed by atoms with Gasteiger partial charge in [0.2, 0.25) is 5.91 Å². The molecule has 110 valence electrons. The third-order valence-corrected chi connectivity index (χ3v) is 3.55. The second kappa shape index (κ2) is 6.29. The molecule has 2 nitrogen and oxygen atoms in total. The van der Waals surface area contributed by atoms with Crippen LogP contribution in [0.1, 0.15) is 24.8 Å². The third-order valence-electron chi connectivity index (χ3n) is 3.55. The van der Waals surface area contributed by atoms with Crippen LogP contribution in [0.5, 0.6) is 0 Å². The predicted molar refractivity (Wildman–Crippen MR) is 70.1 cm³/mol. The average Bonchev–Trinajstić information content (AvgIpc) is 2.69. The fraction of sp³-hybridized carbons (Fsp3) is 0.533. The van der Waals surface area contributed by atoms with Gasteiger partial charge in [-0.3, -0.25) is 4.79 Å². The van der Waals surface area contributed by atoms with E-state index in [1.807, 2.05) is 30.3 Å². The maximum absolute atomic E-state index is 12.1. The Hall–Kier alpha value is -1.52. The quantitative estimate of drug-likeness (QED) is 0.811. The minimum atomic E-state index is -4.13. The Morgan fingerprint density at radius 3 is 2.55 bits per heavy atom. The minimum Gasteiger partial charge on any atom is -0.342 e. The number of hydrogen-bond donors (Lipinski definition) is 0. The molecular formula is C15H18F3NO. The molecule has 5 heteroatoms. The first-order chi connectivity index (χ1) is 9.44. The minimum absolute atomic E-state index is 0.00665. The van der Waals surface area contributed by atoms with E-state index >= 15 is 0 Å². The molecule has 1 amide bonds. The van der Waals surface area contributed by atoms with E-state index < -0.39 is 12.6 Å². The Morgan fingerprint density at radius 2 is 1.90 bits per heavy atom. The molecular weight excluding hydrogens is 267 g/mol. The van der Waals surface area contributed by atoms with Crippen LogP contribution < -0.4 is 0 Å². The highest BCUT2D eigenvalue weighted by atomic mass is 19.4. The summed E-state index contributed by atoms with van der Waals surface area (Å²) in [5, 5.41) is 0. The molecule has 1 aliphatic heterocycles. The molecule has 0 spiro atoms. The summed E-state index contributed by atoms with van der Waals surface area (Å²) in [6.07, 6.45) is -3.71. The molecule has 1 aliphatic rings. The predicted octanol–water partition coefficient (Wildman–Crippen LogP) is 3.42. The summed E-state index contributed by atoms with van der Waals surface area (Å²) in [7, 11) is 0. The van der Waals surface area contributed by atoms with Gasteiger partial charge < -0.3 is 4.90 Å². The maximum Gasteiger partial charge on any atom is 0.389 e. The van der Waals surface area contributed by atoms with Crippen LogP contribution in [0.4, 0.5) is 13.2 Å². The van der Waals surface area contributed by atoms with E-state index in [1.54, 1.807) is 4.90 Å². The first-order valence-electron chi connectivity index (χ1n) is 6.82. The molecule has 1 saturated heterocycles. The number of carbonyl (C=O) groups is 1. The van der Waals surface area contributed by atoms with Gasteiger partial charge in [0.1, 0.15) is 0 Å². The zero-order chi connectivity index (χ0) is 14.6. The van der Waals surface area contributed by atoms with E-state index in [-0.39, 0.29) is 24.8 Å². The first kappa shape index (κ1) is 14.9. The Morgan fingerprint density at radius 1 is 1.20 bits per heavy atom. The monoisotopic (exact) mass is 285 g/mol. The lowest BCUT2D eigenvalue weighted by Crippen LogP contribution is -2.27. The van der Waals surface area contributed by atoms with Crippen molar-refractivity contribution >= 4 is 5.91 Å². The van der Waals surface area contributed by atoms with Crippen LogP contribution in [0, 0.1) is 5.92 Å². The van der Waals surface area contributed by atoms with E-state index in [0.717, 1.165) is 6.42 Å². The third kappa shape index (κ3) is 4.54. The van der Waals surface area contributed by atoms with Crippen LogP contribution in [0.3, 0.4) is 0 Å². The summed E-state index contributed by atoms with van der Waals surface area (Å²) in [5.74, 6) is 0.198. The van der Waals surface area contributed by atoms with E-state index in [4.69, 9.17) is 0 Å². The second-order valence-electron chi connectivity index (χ2n) is 5.32. The van der Waals surface area contributed by atoms with Crippen LogP contribution >= 0.6 is 0 Å². The molecule has 1 aromatic carbocycles. The fourth-order valence-corrected chi connectivity index (χ4v) is 2.62. The zero-order valence-electron chi connectivity index (χ0n) is 11.2. The molecule has 20 heavy (non-hydrogen) atoms. The Balaban J connectivity index is 1.79. The van der Waals surface area contributed by atoms with Crippen molar-refractivity contribution in [3.63, 3.8) is 0 Å². The first-order valence-corrected chi connectivity index (χ1v) is 6.82. The van der Waals surface area contributed by atoms with Gasteiger partial charge in [-0.2, -0.15) is 13.2 Å². The van der Waals surface area contributed by atoms with Gasteiger partial charge in [-0.25, -0.2) is 0 Å². The lowest BCUT2D eigenvalue weighted by molar-refractivity contribution is -0.139. The van der Waals surface area contributed by atoms with Gasteiger partial charge in [0.15, 0.2) is 0 Å². The molecule has 1 fully saturated rings. The van der Waals surface area contributed by atoms with Gasteiger partial charge in [0.25, 0.3) is 0 Å². The van der Waals surface area contributed by atoms with Crippen LogP contribution in [0.25, 0.3) is 0 Å². The standard InChI is InChI=1S/C15H18F3NO/c16-15(17,18)7-4-8-19-11-13(10-14(19)20)9-12-5-2-1-3-6-12/h1-3,5-6,13H,4,7-11H2/t13-/m1/s1. The van der Waals surface area contributed by atoms with Crippen molar-refractivity contribution in [2.75, 3.05) is 13.1 Å². The lowest BCUT2D eigenvalue weighted by Gasteiger charge is -2.17. The molecule has 0 N–H and O–H groups in total. The van der Waals surface area contributed by atoms with Gasteiger partial charge in [-0.15, -0.1) is 0 Å². The summed E-state index contributed by atoms with van der Waals surface area (Å²) in [6, 6.07) is 9.86. The highest BCUT2D eigenvalue weighted by Crippen LogP contribution is 2.25. The van der Waals surface area contributed by atoms with Gasteiger partial charge in [-0.05, 0) is 24.3 Å². The Kier molecular flexibility index (Phi) is 4.68. The second-order valence-corrected chi connectivity index (χ2v) is 5.32. The molecule has 1 atom stereocenters. The highest BCUT2D eigenvalue weighted by molar-refractivity contribution is 5.78. The van der Waals surface area contributed by atoms with Crippen molar-refractivity contribution in [3.8, 4) is 0 Å². The number of rotatable bonds is 5. The summed E-state index contributed by atoms with van der Waals surface area (Å²) < 4.78 is 36.3. The molecule has 0 radical (unpaired) electrons. The fourth-order valence-electron chi connectivity index (χ4n) is 2.62. The van der Waals surface area contributed by atoms with Crippen LogP contribution in [0.2, 0.25) is 0 Å². The Bertz CT molecular complexity index is 444. The summed E-state index contributed by atoms with van der Waals surface area (Å²) >= 11 is 0. The van der Waals surface area contributed by atoms with E-state index in [0.29, 0.717) is 13.0 Å². The zero-order valence-corrected chi connectivity index (χ0v) is 11.2. The summed E-state index contributed by atoms with van der Waals surface area (Å²) in [6.45, 7) is 0.787. The SMILES string of the molecule is O=C1C[C@@H](Cc2ccccc2)CN1CCCC(F)(F)F. The molecule has 0 aromatic heterocycles. The molecule has 1 aromatic rings. The average molecular weight is 285 g/mol. The largest absolute Gasteiger partial charge is 0.389 e. The van der Waals surface area contributed by atoms with Crippen molar-refractivity contribution < 1.29 is 18.0 Å². The Labute approximate surface area is 116 Å². The molecule has 0 unspecified atom stereocenters. The van der Waals surface area contributed by atoms with Gasteiger partial charge in [0.05, 0.1) is 0 Å². The highest BCUT2D eigenvalue weighted by Gasteiger charge is 2.31. The van der Waals surface area contributed by atoms with Crippen molar-refractivity contribution in [2.24, 2.45) is 5.92 Å². The van der Waals surface area contributed by atoms with Crippen LogP contribution in [-0.2, 0) is 11.2 Å². The molecule has 0 aliphatic carbocycles. The van der Waals surface area contributed by atoms with Gasteiger partial charge in [-0.1, -0.05) is 30.3 Å². The lowest BCUT2D eigenvalue weighted by atomic mass is 9.99. The van der Waals surface area contributed by atoms with E-state index in [2.05, 4.69) is 0 Å². The van der Waals surface area contributed by atoms with Crippen molar-refractivity contribution in [3.05, 3.63) is 35.9 Å². The van der Waals surface area contributed by atoms with Crippen molar-refractivity contribution in [2.45, 2.75) is 31.9 Å². The normalized spacial score (nSPS) is 19.6. The maximum atomic E-state index is 12.1. The molecule has 0 bridgehead atoms. The molecule has 1 heterocycles. The number of nitrogens with zero attached hydrogens (tertiary/aromatic N) is 1. The molecule has 2 rings (SSSR count). The number of hydrogen-bond acceptors (Lipinski definition) is 1. The number of carbonyl (C=O) groups excluding carboxylic acids is 1. The van der Waals surface area contributed by atoms with E-state index in [1.165, 1.54) is 5.56 Å². The van der Waals surface area contributed by atoms with Gasteiger partial charge in [0, 0.05) is 25.9 Å². The summed E-state index contributed by atoms with van der Waals surface area (Å²) in [5.41, 5.74) is 1.17. The smallest absolute Gasteiger partial charge is 0.342 e. The number of amides is 1. The summed E-state index contributed by atoms with van der Waals surface area (Å²) in [4.78, 5) is 13.3. The number of likely N-dealkylation sites (tertiary alicyclic amines) is 1. The van der Waals surface area contributed by atoms with Crippen molar-refractivity contribution in [1.29, 1.82) is 0 Å². The number of alkyl halides is 3. The number of halogens is 3. The topological polar surface area (TPSA) is 20.3 Å².